The molecule has 0 aliphatic carbocycles. The van der Waals surface area contributed by atoms with Gasteiger partial charge < -0.3 is 10.7 Å². The number of hydrogen-bond donors (Lipinski definition) is 3. The molecule has 8 heteroatoms. The third kappa shape index (κ3) is 5.07. The number of aromatic nitrogens is 1. The maximum absolute atomic E-state index is 10.6. The number of aromatic amines is 1. The second-order valence-electron chi connectivity index (χ2n) is 4.53. The van der Waals surface area contributed by atoms with Gasteiger partial charge in [-0.15, -0.1) is 0 Å². The molecule has 0 atom stereocenters. The lowest BCUT2D eigenvalue weighted by atomic mass is 10.1. The van der Waals surface area contributed by atoms with E-state index in [2.05, 4.69) is 16.0 Å². The number of amidine groups is 1. The number of hydrogen-bond acceptors (Lipinski definition) is 4. The number of nitrogens with one attached hydrogen (secondary N) is 1. The van der Waals surface area contributed by atoms with E-state index < -0.39 is 9.15 Å². The highest BCUT2D eigenvalue weighted by Crippen LogP contribution is 2.18. The van der Waals surface area contributed by atoms with Gasteiger partial charge in [-0.05, 0) is 24.5 Å². The molecule has 0 saturated heterocycles. The molecule has 1 heterocycles. The van der Waals surface area contributed by atoms with Gasteiger partial charge in [-0.2, -0.15) is 8.42 Å². The van der Waals surface area contributed by atoms with Crippen molar-refractivity contribution in [1.82, 2.24) is 4.98 Å². The Bertz CT molecular complexity index is 738. The highest BCUT2D eigenvalue weighted by molar-refractivity contribution is 8.70. The molecule has 0 spiro atoms. The molecule has 2 rings (SSSR count). The second kappa shape index (κ2) is 6.97. The molecular weight excluding hydrogens is 310 g/mol. The van der Waals surface area contributed by atoms with Crippen LogP contribution in [0.4, 0.5) is 0 Å². The van der Waals surface area contributed by atoms with Gasteiger partial charge in [-0.1, -0.05) is 18.2 Å². The molecule has 0 aliphatic heterocycles. The van der Waals surface area contributed by atoms with Crippen LogP contribution in [0.2, 0.25) is 0 Å². The smallest absolute Gasteiger partial charge is 0.320 e. The highest BCUT2D eigenvalue weighted by Gasteiger charge is 2.06. The Hall–Kier alpha value is -1.51. The van der Waals surface area contributed by atoms with Crippen molar-refractivity contribution in [2.75, 3.05) is 12.3 Å². The summed E-state index contributed by atoms with van der Waals surface area (Å²) in [6, 6.07) is 8.09. The molecule has 0 amide bonds. The number of fused-ring (bicyclic) bond motifs is 1. The third-order valence-corrected chi connectivity index (χ3v) is 4.91. The van der Waals surface area contributed by atoms with E-state index in [-0.39, 0.29) is 11.6 Å². The minimum absolute atomic E-state index is 0.0219. The fourth-order valence-corrected chi connectivity index (χ4v) is 3.18. The zero-order valence-electron chi connectivity index (χ0n) is 11.3. The average Bonchev–Trinajstić information content (AvgIpc) is 2.84. The van der Waals surface area contributed by atoms with Gasteiger partial charge in [-0.3, -0.25) is 9.55 Å². The Kier molecular flexibility index (Phi) is 5.27. The van der Waals surface area contributed by atoms with Crippen LogP contribution in [0.5, 0.6) is 0 Å². The zero-order chi connectivity index (χ0) is 15.3. The minimum Gasteiger partial charge on any atom is -0.387 e. The van der Waals surface area contributed by atoms with Crippen LogP contribution in [0.3, 0.4) is 0 Å². The summed E-state index contributed by atoms with van der Waals surface area (Å²) in [7, 11) is -3.69. The summed E-state index contributed by atoms with van der Waals surface area (Å²) in [5, 5.41) is 1.20. The molecule has 0 fully saturated rings. The van der Waals surface area contributed by atoms with Crippen LogP contribution in [0.1, 0.15) is 12.0 Å². The van der Waals surface area contributed by atoms with Crippen molar-refractivity contribution in [3.63, 3.8) is 0 Å². The molecule has 6 nitrogen and oxygen atoms in total. The quantitative estimate of drug-likeness (QED) is 0.237. The summed E-state index contributed by atoms with van der Waals surface area (Å²) in [5.74, 6) is 0.197. The van der Waals surface area contributed by atoms with Crippen LogP contribution in [0, 0.1) is 0 Å². The van der Waals surface area contributed by atoms with Crippen molar-refractivity contribution in [2.45, 2.75) is 12.8 Å². The molecule has 0 saturated carbocycles. The van der Waals surface area contributed by atoms with Crippen LogP contribution in [-0.4, -0.2) is 36.1 Å². The van der Waals surface area contributed by atoms with Gasteiger partial charge in [-0.25, -0.2) is 0 Å². The first-order valence-electron chi connectivity index (χ1n) is 6.41. The first-order valence-corrected chi connectivity index (χ1v) is 9.35. The van der Waals surface area contributed by atoms with Gasteiger partial charge in [0, 0.05) is 34.4 Å². The number of aliphatic imine (C=N–C) groups is 1. The molecule has 1 aromatic carbocycles. The third-order valence-electron chi connectivity index (χ3n) is 2.95. The molecule has 0 unspecified atom stereocenters. The molecule has 114 valence electrons. The zero-order valence-corrected chi connectivity index (χ0v) is 13.0. The fourth-order valence-electron chi connectivity index (χ4n) is 2.01. The summed E-state index contributed by atoms with van der Waals surface area (Å²) in [5.41, 5.74) is 7.92. The second-order valence-corrected chi connectivity index (χ2v) is 7.88. The average molecular weight is 327 g/mol. The van der Waals surface area contributed by atoms with E-state index in [4.69, 9.17) is 10.3 Å². The van der Waals surface area contributed by atoms with Crippen LogP contribution in [0.25, 0.3) is 10.9 Å². The first-order chi connectivity index (χ1) is 9.96. The van der Waals surface area contributed by atoms with Crippen molar-refractivity contribution < 1.29 is 13.0 Å². The Morgan fingerprint density at radius 3 is 2.90 bits per heavy atom. The topological polar surface area (TPSA) is 109 Å². The number of H-pyrrole nitrogens is 1. The van der Waals surface area contributed by atoms with Crippen LogP contribution >= 0.6 is 10.8 Å². The number of benzene rings is 1. The summed E-state index contributed by atoms with van der Waals surface area (Å²) < 4.78 is 29.7. The van der Waals surface area contributed by atoms with Gasteiger partial charge in [0.25, 0.3) is 0 Å². The van der Waals surface area contributed by atoms with E-state index in [0.717, 1.165) is 18.4 Å². The molecule has 0 radical (unpaired) electrons. The van der Waals surface area contributed by atoms with Gasteiger partial charge in [0.2, 0.25) is 0 Å². The fraction of sp³-hybridized carbons (Fsp3) is 0.308. The van der Waals surface area contributed by atoms with Crippen molar-refractivity contribution in [3.05, 3.63) is 36.0 Å². The molecular formula is C13H17N3O3S2. The maximum Gasteiger partial charge on any atom is 0.320 e. The van der Waals surface area contributed by atoms with E-state index in [9.17, 15) is 8.42 Å². The van der Waals surface area contributed by atoms with E-state index >= 15 is 0 Å². The van der Waals surface area contributed by atoms with E-state index in [0.29, 0.717) is 17.3 Å². The van der Waals surface area contributed by atoms with Crippen molar-refractivity contribution in [3.8, 4) is 0 Å². The van der Waals surface area contributed by atoms with Crippen molar-refractivity contribution in [2.24, 2.45) is 10.7 Å². The molecule has 0 bridgehead atoms. The van der Waals surface area contributed by atoms with E-state index in [1.54, 1.807) is 0 Å². The molecule has 0 aliphatic rings. The van der Waals surface area contributed by atoms with Gasteiger partial charge in [0.15, 0.2) is 0 Å². The minimum atomic E-state index is -4.06. The standard InChI is InChI=1S/C13H17N3O3S2/c14-13(9-20-21(17,18)19)15-7-3-4-10-8-16-12-6-2-1-5-11(10)12/h1-2,5-6,8,16H,3-4,7,9H2,(H2,14,15)(H,17,18,19). The summed E-state index contributed by atoms with van der Waals surface area (Å²) in [6.45, 7) is 0.525. The summed E-state index contributed by atoms with van der Waals surface area (Å²) in [6.07, 6.45) is 3.68. The van der Waals surface area contributed by atoms with Crippen LogP contribution in [-0.2, 0) is 15.6 Å². The maximum atomic E-state index is 10.6. The Labute approximate surface area is 127 Å². The van der Waals surface area contributed by atoms with Crippen molar-refractivity contribution >= 4 is 36.7 Å². The molecule has 2 aromatic rings. The number of aryl methyl sites for hydroxylation is 1. The van der Waals surface area contributed by atoms with E-state index in [1.165, 1.54) is 10.9 Å². The predicted octanol–water partition coefficient (Wildman–Crippen LogP) is 1.99. The number of rotatable bonds is 7. The number of para-hydroxylation sites is 1. The predicted molar refractivity (Wildman–Crippen MR) is 87.1 cm³/mol. The summed E-state index contributed by atoms with van der Waals surface area (Å²) >= 11 is 0. The molecule has 21 heavy (non-hydrogen) atoms. The first kappa shape index (κ1) is 15.9. The Morgan fingerprint density at radius 2 is 2.14 bits per heavy atom. The highest BCUT2D eigenvalue weighted by atomic mass is 33.1. The monoisotopic (exact) mass is 327 g/mol. The molecule has 1 aromatic heterocycles. The SMILES string of the molecule is NC(CSS(=O)(=O)O)=NCCCc1c[nH]c2ccccc12. The summed E-state index contributed by atoms with van der Waals surface area (Å²) in [4.78, 5) is 7.31. The van der Waals surface area contributed by atoms with Gasteiger partial charge in [0.1, 0.15) is 5.84 Å². The van der Waals surface area contributed by atoms with Gasteiger partial charge >= 0.3 is 9.15 Å². The lowest BCUT2D eigenvalue weighted by molar-refractivity contribution is 0.503. The van der Waals surface area contributed by atoms with Gasteiger partial charge in [0.05, 0.1) is 5.75 Å². The van der Waals surface area contributed by atoms with E-state index in [1.807, 2.05) is 24.4 Å². The Balaban J connectivity index is 1.82. The van der Waals surface area contributed by atoms with Crippen LogP contribution < -0.4 is 5.73 Å². The number of nitrogens with two attached hydrogens (primary N) is 1. The van der Waals surface area contributed by atoms with Crippen LogP contribution in [0.15, 0.2) is 35.5 Å². The largest absolute Gasteiger partial charge is 0.387 e. The Morgan fingerprint density at radius 1 is 1.38 bits per heavy atom. The lowest BCUT2D eigenvalue weighted by Crippen LogP contribution is -2.16. The van der Waals surface area contributed by atoms with Crippen molar-refractivity contribution in [1.29, 1.82) is 0 Å². The lowest BCUT2D eigenvalue weighted by Gasteiger charge is -2.00. The molecule has 4 N–H and O–H groups in total. The number of nitrogens with zero attached hydrogens (tertiary/aromatic N) is 1. The normalized spacial score (nSPS) is 12.9.